The molecule has 3 aromatic rings. The Hall–Kier alpha value is -1.85. The molecule has 1 aliphatic carbocycles. The summed E-state index contributed by atoms with van der Waals surface area (Å²) < 4.78 is 1.96. The molecule has 3 atom stereocenters. The van der Waals surface area contributed by atoms with Crippen molar-refractivity contribution in [3.8, 4) is 0 Å². The van der Waals surface area contributed by atoms with Gasteiger partial charge in [0.05, 0.1) is 0 Å². The van der Waals surface area contributed by atoms with Gasteiger partial charge in [-0.05, 0) is 43.0 Å². The smallest absolute Gasteiger partial charge is 0.137 e. The minimum absolute atomic E-state index is 0.531. The van der Waals surface area contributed by atoms with Crippen molar-refractivity contribution >= 4 is 22.5 Å². The largest absolute Gasteiger partial charge is 0.345 e. The molecule has 2 aromatic heterocycles. The molecule has 0 unspecified atom stereocenters. The number of rotatable bonds is 2. The maximum atomic E-state index is 6.48. The van der Waals surface area contributed by atoms with Gasteiger partial charge in [0.1, 0.15) is 17.8 Å². The van der Waals surface area contributed by atoms with E-state index in [9.17, 15) is 0 Å². The van der Waals surface area contributed by atoms with Gasteiger partial charge in [0.25, 0.3) is 0 Å². The number of nitrogens with one attached hydrogen (secondary N) is 1. The Kier molecular flexibility index (Phi) is 3.22. The first-order valence-electron chi connectivity index (χ1n) is 8.52. The van der Waals surface area contributed by atoms with Crippen LogP contribution >= 0.6 is 11.6 Å². The zero-order valence-corrected chi connectivity index (χ0v) is 14.4. The van der Waals surface area contributed by atoms with E-state index in [1.54, 1.807) is 6.33 Å². The Morgan fingerprint density at radius 1 is 1.38 bits per heavy atom. The van der Waals surface area contributed by atoms with Crippen molar-refractivity contribution < 1.29 is 0 Å². The van der Waals surface area contributed by atoms with Crippen LogP contribution in [0, 0.1) is 5.92 Å². The van der Waals surface area contributed by atoms with Gasteiger partial charge in [0.15, 0.2) is 0 Å². The van der Waals surface area contributed by atoms with Crippen molar-refractivity contribution in [2.75, 3.05) is 13.6 Å². The third-order valence-corrected chi connectivity index (χ3v) is 6.12. The van der Waals surface area contributed by atoms with Gasteiger partial charge >= 0.3 is 0 Å². The van der Waals surface area contributed by atoms with E-state index in [0.29, 0.717) is 17.9 Å². The van der Waals surface area contributed by atoms with E-state index in [1.807, 2.05) is 11.0 Å². The minimum atomic E-state index is 0.531. The van der Waals surface area contributed by atoms with E-state index in [4.69, 9.17) is 11.6 Å². The fraction of sp³-hybridized carbons (Fsp3) is 0.444. The summed E-state index contributed by atoms with van der Waals surface area (Å²) in [6.07, 6.45) is 5.66. The first-order chi connectivity index (χ1) is 11.7. The molecule has 1 aromatic carbocycles. The van der Waals surface area contributed by atoms with Crippen molar-refractivity contribution in [1.29, 1.82) is 0 Å². The van der Waals surface area contributed by atoms with E-state index in [0.717, 1.165) is 24.7 Å². The molecule has 0 amide bonds. The summed E-state index contributed by atoms with van der Waals surface area (Å²) in [5, 5.41) is 6.46. The number of likely N-dealkylation sites (tertiary alicyclic amines) is 1. The Balaban J connectivity index is 1.54. The molecule has 2 aliphatic rings. The molecule has 1 saturated heterocycles. The third-order valence-electron chi connectivity index (χ3n) is 5.80. The number of aromatic nitrogens is 4. The van der Waals surface area contributed by atoms with Gasteiger partial charge in [-0.15, -0.1) is 0 Å². The van der Waals surface area contributed by atoms with Crippen LogP contribution in [0.1, 0.15) is 23.5 Å². The molecule has 24 heavy (non-hydrogen) atoms. The second-order valence-corrected chi connectivity index (χ2v) is 7.60. The molecule has 1 N–H and O–H groups in total. The van der Waals surface area contributed by atoms with Gasteiger partial charge in [-0.25, -0.2) is 4.98 Å². The number of halogens is 1. The summed E-state index contributed by atoms with van der Waals surface area (Å²) in [7, 11) is 2.25. The third kappa shape index (κ3) is 2.11. The van der Waals surface area contributed by atoms with Crippen molar-refractivity contribution in [3.63, 3.8) is 0 Å². The zero-order valence-electron chi connectivity index (χ0n) is 13.6. The SMILES string of the molecule is CN1C[C@H](Cn2cncn2)C[C@@H]2c3cccc4[nH]c(Cl)c(c34)C[C@H]21. The molecule has 5 rings (SSSR count). The maximum absolute atomic E-state index is 6.48. The number of hydrogen-bond donors (Lipinski definition) is 1. The van der Waals surface area contributed by atoms with Crippen LogP contribution < -0.4 is 0 Å². The first-order valence-corrected chi connectivity index (χ1v) is 8.90. The van der Waals surface area contributed by atoms with Crippen LogP contribution in [0.15, 0.2) is 30.9 Å². The lowest BCUT2D eigenvalue weighted by molar-refractivity contribution is 0.102. The average Bonchev–Trinajstić information content (AvgIpc) is 3.18. The van der Waals surface area contributed by atoms with E-state index in [-0.39, 0.29) is 0 Å². The van der Waals surface area contributed by atoms with Crippen LogP contribution in [-0.2, 0) is 13.0 Å². The monoisotopic (exact) mass is 341 g/mol. The van der Waals surface area contributed by atoms with E-state index in [2.05, 4.69) is 45.2 Å². The molecule has 6 heteroatoms. The topological polar surface area (TPSA) is 49.7 Å². The van der Waals surface area contributed by atoms with Crippen LogP contribution in [0.2, 0.25) is 5.15 Å². The molecule has 0 spiro atoms. The number of benzene rings is 1. The van der Waals surface area contributed by atoms with Gasteiger partial charge < -0.3 is 9.88 Å². The Labute approximate surface area is 145 Å². The molecular weight excluding hydrogens is 322 g/mol. The van der Waals surface area contributed by atoms with Crippen LogP contribution in [-0.4, -0.2) is 44.3 Å². The van der Waals surface area contributed by atoms with Gasteiger partial charge in [-0.2, -0.15) is 5.10 Å². The summed E-state index contributed by atoms with van der Waals surface area (Å²) >= 11 is 6.48. The first kappa shape index (κ1) is 14.5. The molecule has 0 radical (unpaired) electrons. The highest BCUT2D eigenvalue weighted by Gasteiger charge is 2.40. The minimum Gasteiger partial charge on any atom is -0.345 e. The molecule has 0 saturated carbocycles. The number of piperidine rings is 1. The van der Waals surface area contributed by atoms with E-state index in [1.165, 1.54) is 28.5 Å². The van der Waals surface area contributed by atoms with Gasteiger partial charge in [0.2, 0.25) is 0 Å². The summed E-state index contributed by atoms with van der Waals surface area (Å²) in [4.78, 5) is 9.94. The Morgan fingerprint density at radius 3 is 3.12 bits per heavy atom. The highest BCUT2D eigenvalue weighted by molar-refractivity contribution is 6.32. The number of H-pyrrole nitrogens is 1. The number of hydrogen-bond acceptors (Lipinski definition) is 3. The summed E-state index contributed by atoms with van der Waals surface area (Å²) in [6.45, 7) is 2.03. The van der Waals surface area contributed by atoms with Crippen molar-refractivity contribution in [2.45, 2.75) is 31.3 Å². The molecule has 1 aliphatic heterocycles. The number of fused-ring (bicyclic) bond motifs is 2. The number of nitrogens with zero attached hydrogens (tertiary/aromatic N) is 4. The summed E-state index contributed by atoms with van der Waals surface area (Å²) in [5.41, 5.74) is 3.93. The predicted octanol–water partition coefficient (Wildman–Crippen LogP) is 3.07. The van der Waals surface area contributed by atoms with Crippen molar-refractivity contribution in [3.05, 3.63) is 47.1 Å². The van der Waals surface area contributed by atoms with Crippen LogP contribution in [0.3, 0.4) is 0 Å². The molecular formula is C18H20ClN5. The van der Waals surface area contributed by atoms with Crippen LogP contribution in [0.4, 0.5) is 0 Å². The standard InChI is InChI=1S/C18H20ClN5/c1-23-7-11(8-24-10-20-9-21-24)5-13-12-3-2-4-15-17(12)14(6-16(13)23)18(19)22-15/h2-4,9-11,13,16,22H,5-8H2,1H3/t11-,13-,16-/m1/s1. The normalized spacial score (nSPS) is 26.7. The maximum Gasteiger partial charge on any atom is 0.137 e. The van der Waals surface area contributed by atoms with E-state index >= 15 is 0 Å². The fourth-order valence-corrected chi connectivity index (χ4v) is 5.09. The molecule has 3 heterocycles. The van der Waals surface area contributed by atoms with E-state index < -0.39 is 0 Å². The number of likely N-dealkylation sites (N-methyl/N-ethyl adjacent to an activating group) is 1. The highest BCUT2D eigenvalue weighted by atomic mass is 35.5. The number of aromatic amines is 1. The molecule has 5 nitrogen and oxygen atoms in total. The fourth-order valence-electron chi connectivity index (χ4n) is 4.82. The van der Waals surface area contributed by atoms with Gasteiger partial charge in [-0.3, -0.25) is 4.68 Å². The quantitative estimate of drug-likeness (QED) is 0.779. The Bertz CT molecular complexity index is 884. The summed E-state index contributed by atoms with van der Waals surface area (Å²) in [6, 6.07) is 7.10. The lowest BCUT2D eigenvalue weighted by Crippen LogP contribution is -2.48. The van der Waals surface area contributed by atoms with Crippen LogP contribution in [0.25, 0.3) is 10.9 Å². The summed E-state index contributed by atoms with van der Waals surface area (Å²) in [5.74, 6) is 1.14. The van der Waals surface area contributed by atoms with Crippen molar-refractivity contribution in [1.82, 2.24) is 24.6 Å². The average molecular weight is 342 g/mol. The second kappa shape index (κ2) is 5.33. The lowest BCUT2D eigenvalue weighted by atomic mass is 9.72. The highest BCUT2D eigenvalue weighted by Crippen LogP contribution is 2.46. The Morgan fingerprint density at radius 2 is 2.29 bits per heavy atom. The molecule has 1 fully saturated rings. The van der Waals surface area contributed by atoms with Gasteiger partial charge in [0, 0.05) is 36.0 Å². The predicted molar refractivity (Wildman–Crippen MR) is 94.3 cm³/mol. The zero-order chi connectivity index (χ0) is 16.3. The lowest BCUT2D eigenvalue weighted by Gasteiger charge is -2.45. The van der Waals surface area contributed by atoms with Crippen molar-refractivity contribution in [2.24, 2.45) is 5.92 Å². The molecule has 0 bridgehead atoms. The molecule has 124 valence electrons. The van der Waals surface area contributed by atoms with Crippen LogP contribution in [0.5, 0.6) is 0 Å². The van der Waals surface area contributed by atoms with Gasteiger partial charge in [-0.1, -0.05) is 23.7 Å². The second-order valence-electron chi connectivity index (χ2n) is 7.22.